The number of hydrazine groups is 1. The molecule has 2 amide bonds. The van der Waals surface area contributed by atoms with Crippen LogP contribution in [0.2, 0.25) is 5.02 Å². The number of aryl methyl sites for hydroxylation is 2. The summed E-state index contributed by atoms with van der Waals surface area (Å²) < 4.78 is 11.1. The largest absolute Gasteiger partial charge is 0.494 e. The van der Waals surface area contributed by atoms with Gasteiger partial charge >= 0.3 is 0 Å². The van der Waals surface area contributed by atoms with Gasteiger partial charge in [-0.2, -0.15) is 0 Å². The lowest BCUT2D eigenvalue weighted by Gasteiger charge is -2.11. The van der Waals surface area contributed by atoms with Gasteiger partial charge in [-0.3, -0.25) is 20.4 Å². The van der Waals surface area contributed by atoms with Crippen LogP contribution in [0.4, 0.5) is 0 Å². The van der Waals surface area contributed by atoms with Crippen LogP contribution in [0.3, 0.4) is 0 Å². The molecule has 0 aliphatic heterocycles. The van der Waals surface area contributed by atoms with Gasteiger partial charge in [-0.05, 0) is 67.8 Å². The second kappa shape index (κ2) is 12.1. The fourth-order valence-corrected chi connectivity index (χ4v) is 2.90. The summed E-state index contributed by atoms with van der Waals surface area (Å²) in [5.41, 5.74) is 6.87. The molecule has 0 spiro atoms. The van der Waals surface area contributed by atoms with Gasteiger partial charge < -0.3 is 9.47 Å². The zero-order chi connectivity index (χ0) is 21.9. The monoisotopic (exact) mass is 432 g/mol. The van der Waals surface area contributed by atoms with Gasteiger partial charge in [0.15, 0.2) is 6.61 Å². The van der Waals surface area contributed by atoms with Crippen molar-refractivity contribution in [2.24, 2.45) is 0 Å². The first kappa shape index (κ1) is 23.5. The molecule has 2 aromatic rings. The van der Waals surface area contributed by atoms with E-state index in [-0.39, 0.29) is 6.61 Å². The fourth-order valence-electron chi connectivity index (χ4n) is 2.79. The van der Waals surface area contributed by atoms with Crippen molar-refractivity contribution >= 4 is 23.4 Å². The lowest BCUT2D eigenvalue weighted by atomic mass is 10.1. The summed E-state index contributed by atoms with van der Waals surface area (Å²) in [6, 6.07) is 10.3. The molecule has 0 radical (unpaired) electrons. The van der Waals surface area contributed by atoms with E-state index in [0.29, 0.717) is 28.7 Å². The number of halogens is 1. The van der Waals surface area contributed by atoms with Gasteiger partial charge in [0.25, 0.3) is 11.8 Å². The van der Waals surface area contributed by atoms with E-state index in [1.54, 1.807) is 36.4 Å². The molecule has 0 heterocycles. The number of hydrogen-bond donors (Lipinski definition) is 2. The third-order valence-corrected chi connectivity index (χ3v) is 5.07. The Morgan fingerprint density at radius 3 is 2.20 bits per heavy atom. The maximum Gasteiger partial charge on any atom is 0.276 e. The van der Waals surface area contributed by atoms with E-state index < -0.39 is 11.8 Å². The molecule has 0 aromatic heterocycles. The summed E-state index contributed by atoms with van der Waals surface area (Å²) in [5, 5.41) is 0.673. The minimum Gasteiger partial charge on any atom is -0.494 e. The quantitative estimate of drug-likeness (QED) is 0.419. The zero-order valence-electron chi connectivity index (χ0n) is 17.7. The molecule has 0 aliphatic rings. The van der Waals surface area contributed by atoms with Crippen LogP contribution >= 0.6 is 11.6 Å². The SMILES string of the molecule is CCCCCCOc1ccc(C(=O)NNC(=O)COc2cc(C)c(Cl)c(C)c2)cc1. The second-order valence-electron chi connectivity index (χ2n) is 7.10. The average molecular weight is 433 g/mol. The smallest absolute Gasteiger partial charge is 0.276 e. The van der Waals surface area contributed by atoms with Gasteiger partial charge in [0.1, 0.15) is 11.5 Å². The molecule has 30 heavy (non-hydrogen) atoms. The Balaban J connectivity index is 1.73. The molecule has 0 atom stereocenters. The van der Waals surface area contributed by atoms with E-state index in [2.05, 4.69) is 17.8 Å². The number of amides is 2. The normalized spacial score (nSPS) is 10.4. The molecule has 0 saturated carbocycles. The van der Waals surface area contributed by atoms with Crippen LogP contribution in [0.15, 0.2) is 36.4 Å². The van der Waals surface area contributed by atoms with Crippen molar-refractivity contribution in [3.8, 4) is 11.5 Å². The van der Waals surface area contributed by atoms with E-state index in [9.17, 15) is 9.59 Å². The number of carbonyl (C=O) groups is 2. The molecule has 2 rings (SSSR count). The Morgan fingerprint density at radius 1 is 0.900 bits per heavy atom. The van der Waals surface area contributed by atoms with Crippen LogP contribution in [-0.2, 0) is 4.79 Å². The summed E-state index contributed by atoms with van der Waals surface area (Å²) in [7, 11) is 0. The Bertz CT molecular complexity index is 830. The number of unbranched alkanes of at least 4 members (excludes halogenated alkanes) is 3. The van der Waals surface area contributed by atoms with E-state index in [4.69, 9.17) is 21.1 Å². The minimum absolute atomic E-state index is 0.231. The lowest BCUT2D eigenvalue weighted by molar-refractivity contribution is -0.123. The number of nitrogens with one attached hydrogen (secondary N) is 2. The Kier molecular flexibility index (Phi) is 9.48. The number of hydrogen-bond acceptors (Lipinski definition) is 4. The highest BCUT2D eigenvalue weighted by molar-refractivity contribution is 6.32. The fraction of sp³-hybridized carbons (Fsp3) is 0.391. The lowest BCUT2D eigenvalue weighted by Crippen LogP contribution is -2.43. The molecule has 7 heteroatoms. The standard InChI is InChI=1S/C23H29ClN2O4/c1-4-5-6-7-12-29-19-10-8-18(9-11-19)23(28)26-25-21(27)15-30-20-13-16(2)22(24)17(3)14-20/h8-11,13-14H,4-7,12,15H2,1-3H3,(H,25,27)(H,26,28). The van der Waals surface area contributed by atoms with Crippen molar-refractivity contribution in [1.29, 1.82) is 0 Å². The van der Waals surface area contributed by atoms with Crippen LogP contribution in [0.5, 0.6) is 11.5 Å². The number of carbonyl (C=O) groups excluding carboxylic acids is 2. The summed E-state index contributed by atoms with van der Waals surface area (Å²) >= 11 is 6.12. The molecular weight excluding hydrogens is 404 g/mol. The van der Waals surface area contributed by atoms with E-state index >= 15 is 0 Å². The molecule has 0 saturated heterocycles. The molecule has 2 aromatic carbocycles. The molecule has 0 aliphatic carbocycles. The predicted molar refractivity (Wildman–Crippen MR) is 118 cm³/mol. The van der Waals surface area contributed by atoms with Crippen LogP contribution in [0.25, 0.3) is 0 Å². The number of rotatable bonds is 10. The van der Waals surface area contributed by atoms with Crippen molar-refractivity contribution in [1.82, 2.24) is 10.9 Å². The van der Waals surface area contributed by atoms with E-state index in [0.717, 1.165) is 24.0 Å². The third-order valence-electron chi connectivity index (χ3n) is 4.48. The van der Waals surface area contributed by atoms with Crippen LogP contribution in [0, 0.1) is 13.8 Å². The van der Waals surface area contributed by atoms with Crippen molar-refractivity contribution in [2.45, 2.75) is 46.5 Å². The van der Waals surface area contributed by atoms with Crippen molar-refractivity contribution in [3.63, 3.8) is 0 Å². The topological polar surface area (TPSA) is 76.7 Å². The van der Waals surface area contributed by atoms with Gasteiger partial charge in [-0.25, -0.2) is 0 Å². The Hall–Kier alpha value is -2.73. The van der Waals surface area contributed by atoms with Crippen molar-refractivity contribution in [3.05, 3.63) is 58.1 Å². The Labute approximate surface area is 182 Å². The van der Waals surface area contributed by atoms with Gasteiger partial charge in [-0.15, -0.1) is 0 Å². The summed E-state index contributed by atoms with van der Waals surface area (Å²) in [5.74, 6) is 0.367. The van der Waals surface area contributed by atoms with Gasteiger partial charge in [0, 0.05) is 10.6 Å². The van der Waals surface area contributed by atoms with E-state index in [1.165, 1.54) is 12.8 Å². The second-order valence-corrected chi connectivity index (χ2v) is 7.47. The molecule has 2 N–H and O–H groups in total. The summed E-state index contributed by atoms with van der Waals surface area (Å²) in [6.07, 6.45) is 4.56. The van der Waals surface area contributed by atoms with Crippen LogP contribution in [0.1, 0.15) is 54.1 Å². The van der Waals surface area contributed by atoms with Crippen LogP contribution in [-0.4, -0.2) is 25.0 Å². The van der Waals surface area contributed by atoms with Crippen molar-refractivity contribution in [2.75, 3.05) is 13.2 Å². The van der Waals surface area contributed by atoms with Crippen LogP contribution < -0.4 is 20.3 Å². The van der Waals surface area contributed by atoms with E-state index in [1.807, 2.05) is 13.8 Å². The first-order valence-electron chi connectivity index (χ1n) is 10.1. The van der Waals surface area contributed by atoms with Gasteiger partial charge in [0.05, 0.1) is 6.61 Å². The maximum atomic E-state index is 12.2. The highest BCUT2D eigenvalue weighted by Crippen LogP contribution is 2.25. The van der Waals surface area contributed by atoms with Crippen molar-refractivity contribution < 1.29 is 19.1 Å². The average Bonchev–Trinajstić information content (AvgIpc) is 2.74. The number of ether oxygens (including phenoxy) is 2. The van der Waals surface area contributed by atoms with Gasteiger partial charge in [0.2, 0.25) is 0 Å². The Morgan fingerprint density at radius 2 is 1.57 bits per heavy atom. The summed E-state index contributed by atoms with van der Waals surface area (Å²) in [4.78, 5) is 24.1. The third kappa shape index (κ3) is 7.59. The molecular formula is C23H29ClN2O4. The molecule has 6 nitrogen and oxygen atoms in total. The number of benzene rings is 2. The maximum absolute atomic E-state index is 12.2. The zero-order valence-corrected chi connectivity index (χ0v) is 18.5. The first-order chi connectivity index (χ1) is 14.4. The van der Waals surface area contributed by atoms with Gasteiger partial charge in [-0.1, -0.05) is 37.8 Å². The molecule has 162 valence electrons. The first-order valence-corrected chi connectivity index (χ1v) is 10.5. The molecule has 0 unspecified atom stereocenters. The summed E-state index contributed by atoms with van der Waals surface area (Å²) in [6.45, 7) is 6.33. The molecule has 0 bridgehead atoms. The minimum atomic E-state index is -0.472. The highest BCUT2D eigenvalue weighted by Gasteiger charge is 2.09. The molecule has 0 fully saturated rings. The highest BCUT2D eigenvalue weighted by atomic mass is 35.5. The predicted octanol–water partition coefficient (Wildman–Crippen LogP) is 4.76.